The van der Waals surface area contributed by atoms with Crippen molar-refractivity contribution in [3.63, 3.8) is 0 Å². The minimum Gasteiger partial charge on any atom is -0.497 e. The van der Waals surface area contributed by atoms with Gasteiger partial charge in [-0.1, -0.05) is 0 Å². The van der Waals surface area contributed by atoms with Gasteiger partial charge in [0.05, 0.1) is 18.3 Å². The molecular formula is C10H11N3O3. The van der Waals surface area contributed by atoms with Crippen LogP contribution in [0.2, 0.25) is 0 Å². The summed E-state index contributed by atoms with van der Waals surface area (Å²) in [5.41, 5.74) is 6.54. The van der Waals surface area contributed by atoms with Crippen LogP contribution >= 0.6 is 0 Å². The van der Waals surface area contributed by atoms with Crippen LogP contribution in [-0.2, 0) is 4.79 Å². The molecule has 0 amide bonds. The molecule has 1 unspecified atom stereocenters. The number of carboxylic acid groups (broad SMARTS) is 1. The molecule has 6 heteroatoms. The van der Waals surface area contributed by atoms with Crippen LogP contribution in [0, 0.1) is 0 Å². The summed E-state index contributed by atoms with van der Waals surface area (Å²) in [4.78, 5) is 10.8. The number of methoxy groups -OCH3 is 1. The second kappa shape index (κ2) is 3.82. The number of rotatable bonds is 3. The molecule has 0 radical (unpaired) electrons. The minimum absolute atomic E-state index is 0.394. The highest BCUT2D eigenvalue weighted by atomic mass is 16.5. The topological polar surface area (TPSA) is 101 Å². The lowest BCUT2D eigenvalue weighted by atomic mass is 10.1. The van der Waals surface area contributed by atoms with Gasteiger partial charge in [0.1, 0.15) is 11.8 Å². The van der Waals surface area contributed by atoms with Gasteiger partial charge in [-0.2, -0.15) is 5.10 Å². The number of fused-ring (bicyclic) bond motifs is 1. The number of aromatic amines is 1. The summed E-state index contributed by atoms with van der Waals surface area (Å²) in [6.45, 7) is 0. The van der Waals surface area contributed by atoms with Gasteiger partial charge in [0.25, 0.3) is 0 Å². The Bertz CT molecular complexity index is 535. The second-order valence-electron chi connectivity index (χ2n) is 3.34. The van der Waals surface area contributed by atoms with E-state index in [9.17, 15) is 4.79 Å². The quantitative estimate of drug-likeness (QED) is 0.706. The van der Waals surface area contributed by atoms with E-state index in [0.29, 0.717) is 22.3 Å². The normalized spacial score (nSPS) is 12.6. The fourth-order valence-electron chi connectivity index (χ4n) is 1.50. The summed E-state index contributed by atoms with van der Waals surface area (Å²) < 4.78 is 5.04. The van der Waals surface area contributed by atoms with Crippen molar-refractivity contribution >= 4 is 16.9 Å². The number of nitrogens with two attached hydrogens (primary N) is 1. The summed E-state index contributed by atoms with van der Waals surface area (Å²) in [7, 11) is 1.55. The van der Waals surface area contributed by atoms with Crippen molar-refractivity contribution in [1.29, 1.82) is 0 Å². The van der Waals surface area contributed by atoms with E-state index >= 15 is 0 Å². The number of hydrogen-bond acceptors (Lipinski definition) is 4. The predicted molar refractivity (Wildman–Crippen MR) is 57.2 cm³/mol. The summed E-state index contributed by atoms with van der Waals surface area (Å²) in [5, 5.41) is 16.1. The predicted octanol–water partition coefficient (Wildman–Crippen LogP) is 0.656. The van der Waals surface area contributed by atoms with Crippen LogP contribution in [-0.4, -0.2) is 28.4 Å². The number of nitrogens with zero attached hydrogens (tertiary/aromatic N) is 1. The smallest absolute Gasteiger partial charge is 0.326 e. The SMILES string of the molecule is COc1ccc2c(C(N)C(=O)O)[nH]nc2c1. The van der Waals surface area contributed by atoms with Gasteiger partial charge in [-0.05, 0) is 12.1 Å². The number of hydrogen-bond donors (Lipinski definition) is 3. The first-order valence-electron chi connectivity index (χ1n) is 4.64. The molecule has 0 saturated heterocycles. The Morgan fingerprint density at radius 2 is 2.38 bits per heavy atom. The van der Waals surface area contributed by atoms with Gasteiger partial charge in [-0.15, -0.1) is 0 Å². The molecule has 16 heavy (non-hydrogen) atoms. The Hall–Kier alpha value is -2.08. The maximum atomic E-state index is 10.8. The molecule has 4 N–H and O–H groups in total. The molecule has 0 aliphatic heterocycles. The van der Waals surface area contributed by atoms with E-state index in [-0.39, 0.29) is 0 Å². The number of carbonyl (C=O) groups is 1. The first kappa shape index (κ1) is 10.4. The Morgan fingerprint density at radius 1 is 1.62 bits per heavy atom. The standard InChI is InChI=1S/C10H11N3O3/c1-16-5-2-3-6-7(4-5)12-13-9(6)8(11)10(14)15/h2-4,8H,11H2,1H3,(H,12,13)(H,14,15). The van der Waals surface area contributed by atoms with Crippen molar-refractivity contribution in [1.82, 2.24) is 10.2 Å². The highest BCUT2D eigenvalue weighted by molar-refractivity contribution is 5.87. The summed E-state index contributed by atoms with van der Waals surface area (Å²) in [5.74, 6) is -0.434. The van der Waals surface area contributed by atoms with E-state index in [4.69, 9.17) is 15.6 Å². The fraction of sp³-hybridized carbons (Fsp3) is 0.200. The Balaban J connectivity index is 2.53. The maximum Gasteiger partial charge on any atom is 0.326 e. The average Bonchev–Trinajstić information content (AvgIpc) is 2.70. The average molecular weight is 221 g/mol. The summed E-state index contributed by atoms with van der Waals surface area (Å²) >= 11 is 0. The molecule has 2 aromatic rings. The van der Waals surface area contributed by atoms with Crippen LogP contribution < -0.4 is 10.5 Å². The van der Waals surface area contributed by atoms with E-state index in [1.807, 2.05) is 0 Å². The van der Waals surface area contributed by atoms with Gasteiger partial charge in [-0.25, -0.2) is 0 Å². The molecule has 1 heterocycles. The van der Waals surface area contributed by atoms with Gasteiger partial charge in [-0.3, -0.25) is 9.89 Å². The number of aliphatic carboxylic acids is 1. The zero-order chi connectivity index (χ0) is 11.7. The minimum atomic E-state index is -1.10. The van der Waals surface area contributed by atoms with E-state index in [2.05, 4.69) is 10.2 Å². The van der Waals surface area contributed by atoms with Crippen LogP contribution in [0.15, 0.2) is 18.2 Å². The Morgan fingerprint density at radius 3 is 3.00 bits per heavy atom. The Kier molecular flexibility index (Phi) is 2.49. The molecule has 0 aliphatic rings. The fourth-order valence-corrected chi connectivity index (χ4v) is 1.50. The van der Waals surface area contributed by atoms with Gasteiger partial charge in [0.15, 0.2) is 0 Å². The molecule has 1 aromatic heterocycles. The van der Waals surface area contributed by atoms with E-state index in [0.717, 1.165) is 0 Å². The zero-order valence-electron chi connectivity index (χ0n) is 8.60. The van der Waals surface area contributed by atoms with Crippen LogP contribution in [0.5, 0.6) is 5.75 Å². The van der Waals surface area contributed by atoms with Crippen molar-refractivity contribution < 1.29 is 14.6 Å². The second-order valence-corrected chi connectivity index (χ2v) is 3.34. The van der Waals surface area contributed by atoms with Gasteiger partial charge in [0.2, 0.25) is 0 Å². The molecule has 1 aromatic carbocycles. The highest BCUT2D eigenvalue weighted by Crippen LogP contribution is 2.24. The Labute approximate surface area is 91.0 Å². The van der Waals surface area contributed by atoms with Crippen molar-refractivity contribution in [2.75, 3.05) is 7.11 Å². The maximum absolute atomic E-state index is 10.8. The van der Waals surface area contributed by atoms with Gasteiger partial charge >= 0.3 is 5.97 Å². The number of nitrogens with one attached hydrogen (secondary N) is 1. The van der Waals surface area contributed by atoms with E-state index < -0.39 is 12.0 Å². The highest BCUT2D eigenvalue weighted by Gasteiger charge is 2.19. The van der Waals surface area contributed by atoms with Crippen molar-refractivity contribution in [2.45, 2.75) is 6.04 Å². The number of aromatic nitrogens is 2. The van der Waals surface area contributed by atoms with Crippen molar-refractivity contribution in [3.8, 4) is 5.75 Å². The first-order valence-corrected chi connectivity index (χ1v) is 4.64. The van der Waals surface area contributed by atoms with Crippen LogP contribution in [0.1, 0.15) is 11.7 Å². The van der Waals surface area contributed by atoms with E-state index in [1.54, 1.807) is 25.3 Å². The molecule has 0 spiro atoms. The molecule has 0 bridgehead atoms. The molecule has 2 rings (SSSR count). The lowest BCUT2D eigenvalue weighted by molar-refractivity contribution is -0.138. The summed E-state index contributed by atoms with van der Waals surface area (Å²) in [6.07, 6.45) is 0. The molecule has 0 saturated carbocycles. The molecule has 84 valence electrons. The van der Waals surface area contributed by atoms with Crippen LogP contribution in [0.25, 0.3) is 10.9 Å². The number of ether oxygens (including phenoxy) is 1. The lowest BCUT2D eigenvalue weighted by Gasteiger charge is -2.03. The van der Waals surface area contributed by atoms with Crippen LogP contribution in [0.4, 0.5) is 0 Å². The van der Waals surface area contributed by atoms with Crippen molar-refractivity contribution in [2.24, 2.45) is 5.73 Å². The number of carboxylic acids is 1. The monoisotopic (exact) mass is 221 g/mol. The van der Waals surface area contributed by atoms with E-state index in [1.165, 1.54) is 0 Å². The molecule has 6 nitrogen and oxygen atoms in total. The lowest BCUT2D eigenvalue weighted by Crippen LogP contribution is -2.21. The van der Waals surface area contributed by atoms with Gasteiger partial charge in [0, 0.05) is 11.5 Å². The number of benzene rings is 1. The molecule has 0 aliphatic carbocycles. The van der Waals surface area contributed by atoms with Crippen molar-refractivity contribution in [3.05, 3.63) is 23.9 Å². The molecule has 0 fully saturated rings. The third-order valence-corrected chi connectivity index (χ3v) is 2.37. The molecular weight excluding hydrogens is 210 g/mol. The number of H-pyrrole nitrogens is 1. The van der Waals surface area contributed by atoms with Crippen LogP contribution in [0.3, 0.4) is 0 Å². The van der Waals surface area contributed by atoms with Gasteiger partial charge < -0.3 is 15.6 Å². The molecule has 1 atom stereocenters. The first-order chi connectivity index (χ1) is 7.63. The largest absolute Gasteiger partial charge is 0.497 e. The zero-order valence-corrected chi connectivity index (χ0v) is 8.60. The summed E-state index contributed by atoms with van der Waals surface area (Å²) in [6, 6.07) is 4.08. The third-order valence-electron chi connectivity index (χ3n) is 2.37. The third kappa shape index (κ3) is 1.59.